The summed E-state index contributed by atoms with van der Waals surface area (Å²) in [5.41, 5.74) is 5.32. The van der Waals surface area contributed by atoms with Crippen LogP contribution in [0, 0.1) is 20.8 Å². The highest BCUT2D eigenvalue weighted by Crippen LogP contribution is 2.22. The number of amides is 1. The third-order valence-electron chi connectivity index (χ3n) is 4.91. The van der Waals surface area contributed by atoms with Gasteiger partial charge in [-0.2, -0.15) is 10.2 Å². The molecule has 0 spiro atoms. The molecule has 28 heavy (non-hydrogen) atoms. The van der Waals surface area contributed by atoms with E-state index in [0.717, 1.165) is 34.8 Å². The highest BCUT2D eigenvalue weighted by molar-refractivity contribution is 5.95. The zero-order chi connectivity index (χ0) is 20.4. The Morgan fingerprint density at radius 2 is 1.89 bits per heavy atom. The van der Waals surface area contributed by atoms with Crippen LogP contribution < -0.4 is 10.9 Å². The smallest absolute Gasteiger partial charge is 0.272 e. The molecule has 1 atom stereocenters. The molecule has 1 aromatic carbocycles. The number of H-pyrrole nitrogens is 1. The minimum Gasteiger partial charge on any atom is -0.345 e. The molecule has 1 unspecified atom stereocenters. The van der Waals surface area contributed by atoms with Crippen LogP contribution in [-0.4, -0.2) is 25.9 Å². The van der Waals surface area contributed by atoms with Gasteiger partial charge in [-0.05, 0) is 58.4 Å². The first-order valence-corrected chi connectivity index (χ1v) is 9.33. The maximum absolute atomic E-state index is 12.7. The van der Waals surface area contributed by atoms with E-state index in [2.05, 4.69) is 20.6 Å². The Balaban J connectivity index is 1.79. The summed E-state index contributed by atoms with van der Waals surface area (Å²) in [5.74, 6) is -0.165. The van der Waals surface area contributed by atoms with E-state index in [-0.39, 0.29) is 17.5 Å². The van der Waals surface area contributed by atoms with Crippen molar-refractivity contribution in [3.05, 3.63) is 68.9 Å². The molecular weight excluding hydrogens is 354 g/mol. The summed E-state index contributed by atoms with van der Waals surface area (Å²) < 4.78 is 1.94. The van der Waals surface area contributed by atoms with Crippen molar-refractivity contribution < 1.29 is 4.79 Å². The van der Waals surface area contributed by atoms with Crippen LogP contribution in [0.15, 0.2) is 35.1 Å². The van der Waals surface area contributed by atoms with Gasteiger partial charge in [0.05, 0.1) is 23.0 Å². The molecule has 0 aliphatic rings. The van der Waals surface area contributed by atoms with E-state index < -0.39 is 0 Å². The van der Waals surface area contributed by atoms with E-state index in [4.69, 9.17) is 0 Å². The molecule has 0 aliphatic heterocycles. The van der Waals surface area contributed by atoms with Crippen molar-refractivity contribution in [3.8, 4) is 11.1 Å². The number of carbonyl (C=O) groups is 1. The van der Waals surface area contributed by atoms with Crippen LogP contribution >= 0.6 is 0 Å². The second-order valence-electron chi connectivity index (χ2n) is 6.92. The molecule has 0 saturated carbocycles. The van der Waals surface area contributed by atoms with Gasteiger partial charge in [0.15, 0.2) is 0 Å². The third kappa shape index (κ3) is 3.74. The van der Waals surface area contributed by atoms with Crippen molar-refractivity contribution in [2.45, 2.75) is 47.2 Å². The Kier molecular flexibility index (Phi) is 5.44. The first kappa shape index (κ1) is 19.5. The summed E-state index contributed by atoms with van der Waals surface area (Å²) in [7, 11) is 0. The quantitative estimate of drug-likeness (QED) is 0.712. The maximum Gasteiger partial charge on any atom is 0.272 e. The van der Waals surface area contributed by atoms with Gasteiger partial charge in [-0.15, -0.1) is 0 Å². The number of rotatable bonds is 5. The number of benzene rings is 1. The number of aromatic nitrogens is 4. The predicted molar refractivity (Wildman–Crippen MR) is 108 cm³/mol. The topological polar surface area (TPSA) is 92.7 Å². The highest BCUT2D eigenvalue weighted by atomic mass is 16.1. The summed E-state index contributed by atoms with van der Waals surface area (Å²) in [6, 6.07) is 8.57. The minimum absolute atomic E-state index is 0.154. The second-order valence-corrected chi connectivity index (χ2v) is 6.92. The van der Waals surface area contributed by atoms with Gasteiger partial charge in [0.2, 0.25) is 0 Å². The molecule has 0 radical (unpaired) electrons. The van der Waals surface area contributed by atoms with Crippen molar-refractivity contribution >= 4 is 5.91 Å². The first-order valence-electron chi connectivity index (χ1n) is 9.33. The number of hydrogen-bond acceptors (Lipinski definition) is 4. The molecule has 7 heteroatoms. The lowest BCUT2D eigenvalue weighted by Crippen LogP contribution is -2.27. The van der Waals surface area contributed by atoms with Gasteiger partial charge in [-0.3, -0.25) is 14.3 Å². The molecule has 2 aromatic heterocycles. The third-order valence-corrected chi connectivity index (χ3v) is 4.91. The SMILES string of the molecule is CCn1nc(C)c(C(C)NC(=O)c2ccc(-c3cc(C)n[nH]c3=O)cc2)c1C. The van der Waals surface area contributed by atoms with Gasteiger partial charge in [0.1, 0.15) is 0 Å². The molecule has 7 nitrogen and oxygen atoms in total. The molecule has 2 heterocycles. The average Bonchev–Trinajstić information content (AvgIpc) is 2.97. The zero-order valence-corrected chi connectivity index (χ0v) is 16.8. The minimum atomic E-state index is -0.254. The molecule has 2 N–H and O–H groups in total. The van der Waals surface area contributed by atoms with E-state index in [1.54, 1.807) is 30.3 Å². The lowest BCUT2D eigenvalue weighted by molar-refractivity contribution is 0.0940. The Labute approximate surface area is 163 Å². The fourth-order valence-electron chi connectivity index (χ4n) is 3.52. The van der Waals surface area contributed by atoms with E-state index in [1.807, 2.05) is 39.3 Å². The average molecular weight is 379 g/mol. The number of carbonyl (C=O) groups excluding carboxylic acids is 1. The molecule has 0 aliphatic carbocycles. The molecular formula is C21H25N5O2. The lowest BCUT2D eigenvalue weighted by atomic mass is 10.0. The van der Waals surface area contributed by atoms with Gasteiger partial charge in [-0.1, -0.05) is 12.1 Å². The Morgan fingerprint density at radius 3 is 2.50 bits per heavy atom. The second kappa shape index (κ2) is 7.80. The number of aryl methyl sites for hydroxylation is 3. The number of nitrogens with zero attached hydrogens (tertiary/aromatic N) is 3. The molecule has 3 aromatic rings. The molecule has 0 saturated heterocycles. The normalized spacial score (nSPS) is 12.0. The fraction of sp³-hybridized carbons (Fsp3) is 0.333. The van der Waals surface area contributed by atoms with Crippen LogP contribution in [0.1, 0.15) is 52.9 Å². The zero-order valence-electron chi connectivity index (χ0n) is 16.8. The van der Waals surface area contributed by atoms with Gasteiger partial charge in [0.25, 0.3) is 11.5 Å². The Morgan fingerprint density at radius 1 is 1.21 bits per heavy atom. The Bertz CT molecular complexity index is 1060. The fourth-order valence-corrected chi connectivity index (χ4v) is 3.52. The van der Waals surface area contributed by atoms with Gasteiger partial charge >= 0.3 is 0 Å². The van der Waals surface area contributed by atoms with E-state index in [9.17, 15) is 9.59 Å². The van der Waals surface area contributed by atoms with Crippen molar-refractivity contribution in [3.63, 3.8) is 0 Å². The summed E-state index contributed by atoms with van der Waals surface area (Å²) in [4.78, 5) is 24.7. The Hall–Kier alpha value is -3.22. The summed E-state index contributed by atoms with van der Waals surface area (Å²) >= 11 is 0. The number of aromatic amines is 1. The summed E-state index contributed by atoms with van der Waals surface area (Å²) in [6.07, 6.45) is 0. The monoisotopic (exact) mass is 379 g/mol. The van der Waals surface area contributed by atoms with E-state index in [0.29, 0.717) is 11.1 Å². The van der Waals surface area contributed by atoms with Crippen LogP contribution in [0.4, 0.5) is 0 Å². The number of nitrogens with one attached hydrogen (secondary N) is 2. The van der Waals surface area contributed by atoms with Crippen molar-refractivity contribution in [1.82, 2.24) is 25.3 Å². The highest BCUT2D eigenvalue weighted by Gasteiger charge is 2.19. The van der Waals surface area contributed by atoms with Crippen molar-refractivity contribution in [2.75, 3.05) is 0 Å². The van der Waals surface area contributed by atoms with E-state index >= 15 is 0 Å². The molecule has 0 bridgehead atoms. The van der Waals surface area contributed by atoms with Crippen LogP contribution in [0.3, 0.4) is 0 Å². The van der Waals surface area contributed by atoms with Gasteiger partial charge in [-0.25, -0.2) is 5.10 Å². The first-order chi connectivity index (χ1) is 13.3. The largest absolute Gasteiger partial charge is 0.345 e. The number of hydrogen-bond donors (Lipinski definition) is 2. The van der Waals surface area contributed by atoms with Gasteiger partial charge in [0, 0.05) is 23.4 Å². The molecule has 3 rings (SSSR count). The predicted octanol–water partition coefficient (Wildman–Crippen LogP) is 3.07. The van der Waals surface area contributed by atoms with Crippen LogP contribution in [0.2, 0.25) is 0 Å². The summed E-state index contributed by atoms with van der Waals surface area (Å²) in [6.45, 7) is 10.6. The van der Waals surface area contributed by atoms with Gasteiger partial charge < -0.3 is 5.32 Å². The van der Waals surface area contributed by atoms with Crippen LogP contribution in [-0.2, 0) is 6.54 Å². The molecule has 1 amide bonds. The van der Waals surface area contributed by atoms with E-state index in [1.165, 1.54) is 0 Å². The summed E-state index contributed by atoms with van der Waals surface area (Å²) in [5, 5.41) is 13.9. The van der Waals surface area contributed by atoms with Crippen LogP contribution in [0.25, 0.3) is 11.1 Å². The lowest BCUT2D eigenvalue weighted by Gasteiger charge is -2.15. The van der Waals surface area contributed by atoms with Crippen molar-refractivity contribution in [1.29, 1.82) is 0 Å². The maximum atomic E-state index is 12.7. The van der Waals surface area contributed by atoms with Crippen LogP contribution in [0.5, 0.6) is 0 Å². The molecule has 0 fully saturated rings. The van der Waals surface area contributed by atoms with Crippen molar-refractivity contribution in [2.24, 2.45) is 0 Å². The molecule has 146 valence electrons. The standard InChI is InChI=1S/C21H25N5O2/c1-6-26-15(5)19(14(4)25-26)13(3)22-20(27)17-9-7-16(8-10-17)18-11-12(2)23-24-21(18)28/h7-11,13H,6H2,1-5H3,(H,22,27)(H,24,28).